The molecule has 1 aromatic rings. The van der Waals surface area contributed by atoms with Crippen LogP contribution in [-0.4, -0.2) is 62.0 Å². The third kappa shape index (κ3) is 12.7. The van der Waals surface area contributed by atoms with Crippen LogP contribution in [0.5, 0.6) is 11.5 Å². The highest BCUT2D eigenvalue weighted by Crippen LogP contribution is 2.30. The van der Waals surface area contributed by atoms with Crippen molar-refractivity contribution in [2.45, 2.75) is 86.2 Å². The third-order valence-corrected chi connectivity index (χ3v) is 5.61. The zero-order valence-electron chi connectivity index (χ0n) is 23.9. The molecule has 1 rings (SSSR count). The molecule has 0 fully saturated rings. The molecule has 0 bridgehead atoms. The lowest BCUT2D eigenvalue weighted by Crippen LogP contribution is -2.37. The van der Waals surface area contributed by atoms with Crippen molar-refractivity contribution in [1.29, 1.82) is 0 Å². The van der Waals surface area contributed by atoms with Gasteiger partial charge in [-0.15, -0.1) is 0 Å². The van der Waals surface area contributed by atoms with Crippen LogP contribution in [0.15, 0.2) is 18.2 Å². The summed E-state index contributed by atoms with van der Waals surface area (Å²) in [5.74, 6) is -0.853. The highest BCUT2D eigenvalue weighted by molar-refractivity contribution is 5.76. The van der Waals surface area contributed by atoms with Crippen molar-refractivity contribution in [2.24, 2.45) is 17.6 Å². The van der Waals surface area contributed by atoms with E-state index in [1.807, 2.05) is 27.7 Å². The maximum absolute atomic E-state index is 12.4. The van der Waals surface area contributed by atoms with Crippen LogP contribution in [-0.2, 0) is 34.9 Å². The van der Waals surface area contributed by atoms with Gasteiger partial charge in [-0.1, -0.05) is 33.8 Å². The standard InChI is InChI=1S/C27H41NO11/c1-9-33-25(30)34-14-17(6)35-24(29)21(28)12-20-10-11-22(38-26(31)36-18(7)15(2)3)23(13-20)39-27(32)37-19(8)16(4)5/h10-11,13,15-19,21H,9,12,14,28H2,1-8H3/t17?,18-,19?,21-/m0/s1. The lowest BCUT2D eigenvalue weighted by Gasteiger charge is -2.19. The number of carbonyl (C=O) groups excluding carboxylic acids is 4. The first-order chi connectivity index (χ1) is 18.2. The molecule has 2 N–H and O–H groups in total. The number of rotatable bonds is 13. The summed E-state index contributed by atoms with van der Waals surface area (Å²) in [6.45, 7) is 14.1. The van der Waals surface area contributed by atoms with E-state index in [1.165, 1.54) is 19.1 Å². The Morgan fingerprint density at radius 2 is 1.28 bits per heavy atom. The van der Waals surface area contributed by atoms with Gasteiger partial charge in [-0.2, -0.15) is 0 Å². The van der Waals surface area contributed by atoms with Crippen LogP contribution in [0, 0.1) is 11.8 Å². The first kappa shape index (κ1) is 33.5. The molecule has 0 aliphatic heterocycles. The summed E-state index contributed by atoms with van der Waals surface area (Å²) in [6, 6.07) is 3.23. The molecule has 1 aromatic carbocycles. The summed E-state index contributed by atoms with van der Waals surface area (Å²) in [7, 11) is 0. The fourth-order valence-electron chi connectivity index (χ4n) is 2.65. The van der Waals surface area contributed by atoms with E-state index in [0.717, 1.165) is 0 Å². The molecule has 0 saturated carbocycles. The number of carbonyl (C=O) groups is 4. The quantitative estimate of drug-likeness (QED) is 0.202. The molecule has 39 heavy (non-hydrogen) atoms. The van der Waals surface area contributed by atoms with Gasteiger partial charge in [0.1, 0.15) is 31.0 Å². The van der Waals surface area contributed by atoms with Gasteiger partial charge in [0.05, 0.1) is 6.61 Å². The van der Waals surface area contributed by atoms with Crippen molar-refractivity contribution in [3.8, 4) is 11.5 Å². The fraction of sp³-hybridized carbons (Fsp3) is 0.630. The molecule has 0 radical (unpaired) electrons. The van der Waals surface area contributed by atoms with Crippen molar-refractivity contribution in [3.05, 3.63) is 23.8 Å². The summed E-state index contributed by atoms with van der Waals surface area (Å²) in [6.07, 6.45) is -4.46. The lowest BCUT2D eigenvalue weighted by molar-refractivity contribution is -0.152. The Balaban J connectivity index is 2.97. The molecular formula is C27H41NO11. The van der Waals surface area contributed by atoms with Crippen molar-refractivity contribution in [2.75, 3.05) is 13.2 Å². The van der Waals surface area contributed by atoms with Crippen LogP contribution in [0.3, 0.4) is 0 Å². The third-order valence-electron chi connectivity index (χ3n) is 5.61. The van der Waals surface area contributed by atoms with Gasteiger partial charge in [0.25, 0.3) is 0 Å². The first-order valence-electron chi connectivity index (χ1n) is 12.9. The van der Waals surface area contributed by atoms with Gasteiger partial charge in [0.2, 0.25) is 0 Å². The molecule has 12 nitrogen and oxygen atoms in total. The van der Waals surface area contributed by atoms with Gasteiger partial charge in [-0.05, 0) is 63.6 Å². The zero-order valence-corrected chi connectivity index (χ0v) is 23.9. The van der Waals surface area contributed by atoms with E-state index in [4.69, 9.17) is 34.2 Å². The Labute approximate surface area is 229 Å². The Morgan fingerprint density at radius 3 is 1.79 bits per heavy atom. The normalized spacial score (nSPS) is 14.0. The van der Waals surface area contributed by atoms with Crippen LogP contribution in [0.1, 0.15) is 61.0 Å². The molecule has 2 unspecified atom stereocenters. The second-order valence-corrected chi connectivity index (χ2v) is 9.67. The Bertz CT molecular complexity index is 963. The summed E-state index contributed by atoms with van der Waals surface area (Å²) in [5, 5.41) is 0. The smallest absolute Gasteiger partial charge is 0.458 e. The number of nitrogens with two attached hydrogens (primary N) is 1. The topological polar surface area (TPSA) is 159 Å². The SMILES string of the molecule is CCOC(=O)OCC(C)OC(=O)[C@@H](N)Cc1ccc(OC(=O)O[C@@H](C)C(C)C)c(OC(=O)OC(C)C(C)C)c1. The number of ether oxygens (including phenoxy) is 7. The van der Waals surface area contributed by atoms with Crippen molar-refractivity contribution in [3.63, 3.8) is 0 Å². The number of hydrogen-bond donors (Lipinski definition) is 1. The second-order valence-electron chi connectivity index (χ2n) is 9.67. The highest BCUT2D eigenvalue weighted by atomic mass is 16.8. The summed E-state index contributed by atoms with van der Waals surface area (Å²) < 4.78 is 35.8. The number of hydrogen-bond acceptors (Lipinski definition) is 12. The number of esters is 1. The summed E-state index contributed by atoms with van der Waals surface area (Å²) in [4.78, 5) is 48.4. The van der Waals surface area contributed by atoms with Gasteiger partial charge in [-0.25, -0.2) is 14.4 Å². The van der Waals surface area contributed by atoms with Crippen LogP contribution in [0.4, 0.5) is 14.4 Å². The molecule has 0 aliphatic carbocycles. The summed E-state index contributed by atoms with van der Waals surface area (Å²) in [5.41, 5.74) is 6.49. The Hall–Kier alpha value is -3.54. The van der Waals surface area contributed by atoms with Gasteiger partial charge in [-0.3, -0.25) is 4.79 Å². The minimum Gasteiger partial charge on any atom is -0.458 e. The average molecular weight is 556 g/mol. The van der Waals surface area contributed by atoms with E-state index in [-0.39, 0.29) is 43.0 Å². The van der Waals surface area contributed by atoms with Crippen LogP contribution >= 0.6 is 0 Å². The molecule has 0 heterocycles. The van der Waals surface area contributed by atoms with Crippen molar-refractivity contribution in [1.82, 2.24) is 0 Å². The Kier molecular flexibility index (Phi) is 14.1. The average Bonchev–Trinajstić information content (AvgIpc) is 2.84. The van der Waals surface area contributed by atoms with E-state index >= 15 is 0 Å². The van der Waals surface area contributed by atoms with Crippen LogP contribution in [0.2, 0.25) is 0 Å². The molecule has 0 spiro atoms. The molecule has 0 amide bonds. The van der Waals surface area contributed by atoms with E-state index in [0.29, 0.717) is 5.56 Å². The monoisotopic (exact) mass is 555 g/mol. The first-order valence-corrected chi connectivity index (χ1v) is 12.9. The van der Waals surface area contributed by atoms with Crippen LogP contribution < -0.4 is 15.2 Å². The lowest BCUT2D eigenvalue weighted by atomic mass is 10.1. The number of benzene rings is 1. The van der Waals surface area contributed by atoms with Crippen LogP contribution in [0.25, 0.3) is 0 Å². The maximum atomic E-state index is 12.4. The van der Waals surface area contributed by atoms with E-state index in [1.54, 1.807) is 26.8 Å². The van der Waals surface area contributed by atoms with Crippen molar-refractivity contribution < 1.29 is 52.3 Å². The molecule has 0 aliphatic rings. The van der Waals surface area contributed by atoms with Gasteiger partial charge < -0.3 is 38.9 Å². The largest absolute Gasteiger partial charge is 0.514 e. The highest BCUT2D eigenvalue weighted by Gasteiger charge is 2.24. The predicted molar refractivity (Wildman–Crippen MR) is 139 cm³/mol. The predicted octanol–water partition coefficient (Wildman–Crippen LogP) is 4.78. The zero-order chi connectivity index (χ0) is 29.7. The maximum Gasteiger partial charge on any atom is 0.514 e. The summed E-state index contributed by atoms with van der Waals surface area (Å²) >= 11 is 0. The van der Waals surface area contributed by atoms with Crippen molar-refractivity contribution >= 4 is 24.4 Å². The fourth-order valence-corrected chi connectivity index (χ4v) is 2.65. The van der Waals surface area contributed by atoms with Gasteiger partial charge in [0, 0.05) is 0 Å². The van der Waals surface area contributed by atoms with E-state index in [2.05, 4.69) is 4.74 Å². The molecule has 4 atom stereocenters. The molecular weight excluding hydrogens is 514 g/mol. The van der Waals surface area contributed by atoms with E-state index in [9.17, 15) is 19.2 Å². The van der Waals surface area contributed by atoms with E-state index < -0.39 is 48.8 Å². The minimum absolute atomic E-state index is 0.00674. The second kappa shape index (κ2) is 16.4. The molecule has 0 saturated heterocycles. The minimum atomic E-state index is -1.10. The Morgan fingerprint density at radius 1 is 0.744 bits per heavy atom. The molecule has 220 valence electrons. The van der Waals surface area contributed by atoms with Gasteiger partial charge in [0.15, 0.2) is 11.5 Å². The van der Waals surface area contributed by atoms with Gasteiger partial charge >= 0.3 is 24.4 Å². The molecule has 12 heteroatoms. The molecule has 0 aromatic heterocycles.